The van der Waals surface area contributed by atoms with Crippen molar-refractivity contribution in [2.24, 2.45) is 0 Å². The molecule has 1 aromatic rings. The minimum Gasteiger partial charge on any atom is -0.496 e. The molecule has 1 rings (SSSR count). The maximum absolute atomic E-state index is 11.2. The molecule has 0 amide bonds. The van der Waals surface area contributed by atoms with Crippen LogP contribution in [0.3, 0.4) is 0 Å². The van der Waals surface area contributed by atoms with Crippen LogP contribution < -0.4 is 9.47 Å². The van der Waals surface area contributed by atoms with Gasteiger partial charge < -0.3 is 14.2 Å². The van der Waals surface area contributed by atoms with E-state index in [0.717, 1.165) is 22.6 Å². The quantitative estimate of drug-likeness (QED) is 0.733. The Morgan fingerprint density at radius 3 is 2.42 bits per heavy atom. The van der Waals surface area contributed by atoms with Gasteiger partial charge in [0.05, 0.1) is 27.9 Å². The summed E-state index contributed by atoms with van der Waals surface area (Å²) in [6.07, 6.45) is 0. The van der Waals surface area contributed by atoms with Crippen molar-refractivity contribution in [1.82, 2.24) is 4.90 Å². The predicted octanol–water partition coefficient (Wildman–Crippen LogP) is 1.62. The Morgan fingerprint density at radius 1 is 1.21 bits per heavy atom. The highest BCUT2D eigenvalue weighted by atomic mass is 16.5. The van der Waals surface area contributed by atoms with Crippen molar-refractivity contribution in [3.8, 4) is 11.5 Å². The van der Waals surface area contributed by atoms with Gasteiger partial charge >= 0.3 is 5.97 Å². The van der Waals surface area contributed by atoms with E-state index in [1.807, 2.05) is 31.0 Å². The molecule has 0 aliphatic carbocycles. The number of hydrogen-bond acceptors (Lipinski definition) is 5. The molecule has 106 valence electrons. The Balaban J connectivity index is 2.89. The van der Waals surface area contributed by atoms with Gasteiger partial charge in [0.2, 0.25) is 0 Å². The van der Waals surface area contributed by atoms with Crippen LogP contribution in [0.15, 0.2) is 12.1 Å². The zero-order valence-corrected chi connectivity index (χ0v) is 12.1. The van der Waals surface area contributed by atoms with Gasteiger partial charge in [-0.15, -0.1) is 0 Å². The average Bonchev–Trinajstić information content (AvgIpc) is 2.39. The molecule has 0 atom stereocenters. The Hall–Kier alpha value is -1.75. The molecule has 0 unspecified atom stereocenters. The minimum absolute atomic E-state index is 0.241. The third-order valence-electron chi connectivity index (χ3n) is 2.93. The van der Waals surface area contributed by atoms with E-state index in [9.17, 15) is 4.79 Å². The number of hydrogen-bond donors (Lipinski definition) is 0. The highest BCUT2D eigenvalue weighted by Gasteiger charge is 2.14. The average molecular weight is 267 g/mol. The highest BCUT2D eigenvalue weighted by molar-refractivity contribution is 5.71. The fraction of sp³-hybridized carbons (Fsp3) is 0.500. The maximum atomic E-state index is 11.2. The van der Waals surface area contributed by atoms with Crippen LogP contribution in [0.5, 0.6) is 11.5 Å². The van der Waals surface area contributed by atoms with E-state index < -0.39 is 0 Å². The summed E-state index contributed by atoms with van der Waals surface area (Å²) in [7, 11) is 6.50. The first-order valence-corrected chi connectivity index (χ1v) is 5.99. The summed E-state index contributed by atoms with van der Waals surface area (Å²) in [5, 5.41) is 0. The maximum Gasteiger partial charge on any atom is 0.319 e. The molecule has 0 heterocycles. The molecule has 0 fully saturated rings. The molecule has 0 aromatic heterocycles. The topological polar surface area (TPSA) is 48.0 Å². The fourth-order valence-electron chi connectivity index (χ4n) is 1.99. The van der Waals surface area contributed by atoms with Crippen LogP contribution in [0, 0.1) is 6.92 Å². The zero-order valence-electron chi connectivity index (χ0n) is 12.1. The van der Waals surface area contributed by atoms with Gasteiger partial charge in [-0.1, -0.05) is 6.07 Å². The number of carbonyl (C=O) groups excluding carboxylic acids is 1. The Morgan fingerprint density at radius 2 is 1.89 bits per heavy atom. The predicted molar refractivity (Wildman–Crippen MR) is 72.6 cm³/mol. The van der Waals surface area contributed by atoms with Gasteiger partial charge in [0.15, 0.2) is 0 Å². The van der Waals surface area contributed by atoms with Crippen LogP contribution in [-0.4, -0.2) is 45.8 Å². The van der Waals surface area contributed by atoms with Crippen LogP contribution in [0.1, 0.15) is 11.1 Å². The number of benzene rings is 1. The van der Waals surface area contributed by atoms with Crippen LogP contribution in [-0.2, 0) is 16.1 Å². The third kappa shape index (κ3) is 3.86. The standard InChI is InChI=1S/C14H21NO4/c1-10-12(17-3)7-6-11(14(10)19-5)8-15(2)9-13(16)18-4/h6-7H,8-9H2,1-5H3. The second-order valence-electron chi connectivity index (χ2n) is 4.33. The lowest BCUT2D eigenvalue weighted by atomic mass is 10.1. The number of methoxy groups -OCH3 is 3. The Kier molecular flexibility index (Phi) is 5.63. The zero-order chi connectivity index (χ0) is 14.4. The summed E-state index contributed by atoms with van der Waals surface area (Å²) >= 11 is 0. The van der Waals surface area contributed by atoms with E-state index >= 15 is 0 Å². The molecule has 5 nitrogen and oxygen atoms in total. The van der Waals surface area contributed by atoms with Crippen molar-refractivity contribution in [1.29, 1.82) is 0 Å². The number of esters is 1. The molecule has 0 saturated heterocycles. The molecule has 0 aliphatic rings. The summed E-state index contributed by atoms with van der Waals surface area (Å²) in [6, 6.07) is 3.84. The van der Waals surface area contributed by atoms with E-state index in [1.165, 1.54) is 7.11 Å². The summed E-state index contributed by atoms with van der Waals surface area (Å²) < 4.78 is 15.3. The number of nitrogens with zero attached hydrogens (tertiary/aromatic N) is 1. The minimum atomic E-state index is -0.258. The first-order valence-electron chi connectivity index (χ1n) is 5.99. The number of likely N-dealkylation sites (N-methyl/N-ethyl adjacent to an activating group) is 1. The monoisotopic (exact) mass is 267 g/mol. The Bertz CT molecular complexity index is 445. The van der Waals surface area contributed by atoms with Crippen molar-refractivity contribution in [3.05, 3.63) is 23.3 Å². The van der Waals surface area contributed by atoms with Crippen LogP contribution >= 0.6 is 0 Å². The largest absolute Gasteiger partial charge is 0.496 e. The van der Waals surface area contributed by atoms with E-state index in [1.54, 1.807) is 14.2 Å². The Labute approximate surface area is 114 Å². The smallest absolute Gasteiger partial charge is 0.319 e. The first-order chi connectivity index (χ1) is 9.03. The summed E-state index contributed by atoms with van der Waals surface area (Å²) in [5.74, 6) is 1.32. The summed E-state index contributed by atoms with van der Waals surface area (Å²) in [6.45, 7) is 2.79. The molecule has 19 heavy (non-hydrogen) atoms. The van der Waals surface area contributed by atoms with Crippen molar-refractivity contribution in [2.75, 3.05) is 34.9 Å². The lowest BCUT2D eigenvalue weighted by Gasteiger charge is -2.19. The van der Waals surface area contributed by atoms with Crippen LogP contribution in [0.4, 0.5) is 0 Å². The van der Waals surface area contributed by atoms with Gasteiger partial charge in [-0.2, -0.15) is 0 Å². The fourth-order valence-corrected chi connectivity index (χ4v) is 1.99. The van der Waals surface area contributed by atoms with Crippen molar-refractivity contribution in [2.45, 2.75) is 13.5 Å². The SMILES string of the molecule is COC(=O)CN(C)Cc1ccc(OC)c(C)c1OC. The van der Waals surface area contributed by atoms with Crippen LogP contribution in [0.25, 0.3) is 0 Å². The molecular formula is C14H21NO4. The molecule has 0 bridgehead atoms. The van der Waals surface area contributed by atoms with Gasteiger partial charge in [-0.05, 0) is 20.0 Å². The summed E-state index contributed by atoms with van der Waals surface area (Å²) in [5.41, 5.74) is 1.96. The van der Waals surface area contributed by atoms with Gasteiger partial charge in [0.25, 0.3) is 0 Å². The first kappa shape index (κ1) is 15.3. The molecule has 0 spiro atoms. The van der Waals surface area contributed by atoms with Gasteiger partial charge in [-0.3, -0.25) is 9.69 Å². The molecule has 0 aliphatic heterocycles. The second-order valence-corrected chi connectivity index (χ2v) is 4.33. The van der Waals surface area contributed by atoms with E-state index in [0.29, 0.717) is 6.54 Å². The molecule has 1 aromatic carbocycles. The van der Waals surface area contributed by atoms with Crippen molar-refractivity contribution < 1.29 is 19.0 Å². The highest BCUT2D eigenvalue weighted by Crippen LogP contribution is 2.31. The number of rotatable bonds is 6. The van der Waals surface area contributed by atoms with Crippen molar-refractivity contribution >= 4 is 5.97 Å². The van der Waals surface area contributed by atoms with Gasteiger partial charge in [-0.25, -0.2) is 0 Å². The third-order valence-corrected chi connectivity index (χ3v) is 2.93. The molecule has 0 saturated carbocycles. The lowest BCUT2D eigenvalue weighted by Crippen LogP contribution is -2.26. The van der Waals surface area contributed by atoms with Crippen LogP contribution in [0.2, 0.25) is 0 Å². The molecule has 5 heteroatoms. The van der Waals surface area contributed by atoms with E-state index in [2.05, 4.69) is 4.74 Å². The number of ether oxygens (including phenoxy) is 3. The van der Waals surface area contributed by atoms with Gasteiger partial charge in [0.1, 0.15) is 11.5 Å². The van der Waals surface area contributed by atoms with E-state index in [-0.39, 0.29) is 12.5 Å². The van der Waals surface area contributed by atoms with E-state index in [4.69, 9.17) is 9.47 Å². The molecule has 0 radical (unpaired) electrons. The normalized spacial score (nSPS) is 10.4. The van der Waals surface area contributed by atoms with Crippen molar-refractivity contribution in [3.63, 3.8) is 0 Å². The lowest BCUT2D eigenvalue weighted by molar-refractivity contribution is -0.141. The second kappa shape index (κ2) is 6.99. The van der Waals surface area contributed by atoms with Gasteiger partial charge in [0, 0.05) is 17.7 Å². The molecule has 0 N–H and O–H groups in total. The molecular weight excluding hydrogens is 246 g/mol. The summed E-state index contributed by atoms with van der Waals surface area (Å²) in [4.78, 5) is 13.1. The number of carbonyl (C=O) groups is 1.